The van der Waals surface area contributed by atoms with Crippen LogP contribution in [0.5, 0.6) is 0 Å². The van der Waals surface area contributed by atoms with Crippen LogP contribution >= 0.6 is 0 Å². The quantitative estimate of drug-likeness (QED) is 0.705. The van der Waals surface area contributed by atoms with E-state index in [0.29, 0.717) is 12.8 Å². The van der Waals surface area contributed by atoms with E-state index in [2.05, 4.69) is 0 Å². The zero-order valence-corrected chi connectivity index (χ0v) is 9.23. The molecular weight excluding hydrogens is 210 g/mol. The molecule has 1 aliphatic carbocycles. The van der Waals surface area contributed by atoms with Gasteiger partial charge in [0.25, 0.3) is 0 Å². The van der Waals surface area contributed by atoms with Crippen LogP contribution in [-0.2, 0) is 14.4 Å². The molecular formula is C11H15NO4. The van der Waals surface area contributed by atoms with Crippen LogP contribution in [0.1, 0.15) is 39.0 Å². The van der Waals surface area contributed by atoms with Crippen molar-refractivity contribution >= 4 is 17.8 Å². The van der Waals surface area contributed by atoms with Gasteiger partial charge in [0.1, 0.15) is 5.54 Å². The van der Waals surface area contributed by atoms with E-state index in [-0.39, 0.29) is 24.2 Å². The van der Waals surface area contributed by atoms with Gasteiger partial charge in [-0.2, -0.15) is 0 Å². The highest BCUT2D eigenvalue weighted by molar-refractivity contribution is 6.07. The summed E-state index contributed by atoms with van der Waals surface area (Å²) in [7, 11) is 0. The molecule has 1 unspecified atom stereocenters. The maximum atomic E-state index is 11.9. The molecule has 0 aromatic carbocycles. The summed E-state index contributed by atoms with van der Waals surface area (Å²) in [5.41, 5.74) is -1.25. The van der Waals surface area contributed by atoms with Crippen molar-refractivity contribution in [1.29, 1.82) is 0 Å². The maximum Gasteiger partial charge on any atom is 0.330 e. The topological polar surface area (TPSA) is 74.7 Å². The molecule has 1 aliphatic heterocycles. The summed E-state index contributed by atoms with van der Waals surface area (Å²) in [6.07, 6.45) is 2.46. The molecule has 5 nitrogen and oxygen atoms in total. The molecule has 88 valence electrons. The Morgan fingerprint density at radius 1 is 1.38 bits per heavy atom. The van der Waals surface area contributed by atoms with Gasteiger partial charge in [0.15, 0.2) is 0 Å². The molecule has 2 amide bonds. The molecule has 2 fully saturated rings. The Bertz CT molecular complexity index is 357. The van der Waals surface area contributed by atoms with Crippen molar-refractivity contribution in [3.63, 3.8) is 0 Å². The second-order valence-corrected chi connectivity index (χ2v) is 4.72. The lowest BCUT2D eigenvalue weighted by Gasteiger charge is -2.33. The van der Waals surface area contributed by atoms with Crippen molar-refractivity contribution < 1.29 is 19.5 Å². The van der Waals surface area contributed by atoms with E-state index >= 15 is 0 Å². The van der Waals surface area contributed by atoms with Gasteiger partial charge >= 0.3 is 5.97 Å². The van der Waals surface area contributed by atoms with E-state index in [1.165, 1.54) is 0 Å². The number of hydrogen-bond acceptors (Lipinski definition) is 3. The van der Waals surface area contributed by atoms with E-state index in [1.54, 1.807) is 6.92 Å². The normalized spacial score (nSPS) is 28.8. The van der Waals surface area contributed by atoms with Gasteiger partial charge in [0, 0.05) is 12.3 Å². The van der Waals surface area contributed by atoms with Gasteiger partial charge in [-0.15, -0.1) is 0 Å². The second-order valence-electron chi connectivity index (χ2n) is 4.72. The number of carbonyl (C=O) groups is 3. The molecule has 2 aliphatic rings. The fourth-order valence-electron chi connectivity index (χ4n) is 2.73. The third-order valence-corrected chi connectivity index (χ3v) is 3.63. The standard InChI is InChI=1S/C11H15NO4/c1-7-6-8(13)12(9(7)14)11(10(15)16)4-2-3-5-11/h7H,2-6H2,1H3,(H,15,16). The van der Waals surface area contributed by atoms with Crippen LogP contribution in [0.15, 0.2) is 0 Å². The summed E-state index contributed by atoms with van der Waals surface area (Å²) < 4.78 is 0. The van der Waals surface area contributed by atoms with Crippen molar-refractivity contribution in [1.82, 2.24) is 4.90 Å². The third-order valence-electron chi connectivity index (χ3n) is 3.63. The average molecular weight is 225 g/mol. The van der Waals surface area contributed by atoms with E-state index < -0.39 is 11.5 Å². The Labute approximate surface area is 93.4 Å². The van der Waals surface area contributed by atoms with Gasteiger partial charge in [-0.1, -0.05) is 19.8 Å². The summed E-state index contributed by atoms with van der Waals surface area (Å²) in [6.45, 7) is 1.67. The molecule has 5 heteroatoms. The number of imide groups is 1. The third kappa shape index (κ3) is 1.34. The predicted molar refractivity (Wildman–Crippen MR) is 54.5 cm³/mol. The molecule has 1 saturated heterocycles. The predicted octanol–water partition coefficient (Wildman–Crippen LogP) is 0.779. The van der Waals surface area contributed by atoms with E-state index in [1.807, 2.05) is 0 Å². The summed E-state index contributed by atoms with van der Waals surface area (Å²) in [5.74, 6) is -2.07. The van der Waals surface area contributed by atoms with Crippen molar-refractivity contribution in [2.24, 2.45) is 5.92 Å². The minimum absolute atomic E-state index is 0.147. The van der Waals surface area contributed by atoms with Crippen LogP contribution in [0.4, 0.5) is 0 Å². The summed E-state index contributed by atoms with van der Waals surface area (Å²) in [5, 5.41) is 9.30. The van der Waals surface area contributed by atoms with Crippen LogP contribution in [0.25, 0.3) is 0 Å². The lowest BCUT2D eigenvalue weighted by molar-refractivity contribution is -0.163. The lowest BCUT2D eigenvalue weighted by Crippen LogP contribution is -2.55. The van der Waals surface area contributed by atoms with E-state index in [0.717, 1.165) is 17.7 Å². The van der Waals surface area contributed by atoms with Crippen LogP contribution < -0.4 is 0 Å². The summed E-state index contributed by atoms with van der Waals surface area (Å²) in [4.78, 5) is 36.0. The number of nitrogens with zero attached hydrogens (tertiary/aromatic N) is 1. The highest BCUT2D eigenvalue weighted by atomic mass is 16.4. The molecule has 1 saturated carbocycles. The van der Waals surface area contributed by atoms with Gasteiger partial charge in [-0.25, -0.2) is 4.79 Å². The Hall–Kier alpha value is -1.39. The fourth-order valence-corrected chi connectivity index (χ4v) is 2.73. The highest BCUT2D eigenvalue weighted by Crippen LogP contribution is 2.39. The van der Waals surface area contributed by atoms with E-state index in [4.69, 9.17) is 0 Å². The molecule has 0 spiro atoms. The first-order valence-electron chi connectivity index (χ1n) is 5.59. The number of aliphatic carboxylic acids is 1. The maximum absolute atomic E-state index is 11.9. The number of rotatable bonds is 2. The fraction of sp³-hybridized carbons (Fsp3) is 0.727. The molecule has 1 atom stereocenters. The zero-order valence-electron chi connectivity index (χ0n) is 9.23. The highest BCUT2D eigenvalue weighted by Gasteiger charge is 2.54. The van der Waals surface area contributed by atoms with E-state index in [9.17, 15) is 19.5 Å². The van der Waals surface area contributed by atoms with Crippen LogP contribution in [-0.4, -0.2) is 33.3 Å². The molecule has 2 rings (SSSR count). The first-order chi connectivity index (χ1) is 7.49. The van der Waals surface area contributed by atoms with Gasteiger partial charge in [-0.3, -0.25) is 14.5 Å². The lowest BCUT2D eigenvalue weighted by atomic mass is 9.95. The number of carbonyl (C=O) groups excluding carboxylic acids is 2. The Morgan fingerprint density at radius 3 is 2.31 bits per heavy atom. The Morgan fingerprint density at radius 2 is 1.94 bits per heavy atom. The monoisotopic (exact) mass is 225 g/mol. The van der Waals surface area contributed by atoms with Crippen molar-refractivity contribution in [3.8, 4) is 0 Å². The number of amides is 2. The van der Waals surface area contributed by atoms with Gasteiger partial charge in [0.05, 0.1) is 0 Å². The number of hydrogen-bond donors (Lipinski definition) is 1. The van der Waals surface area contributed by atoms with Crippen LogP contribution in [0.2, 0.25) is 0 Å². The van der Waals surface area contributed by atoms with Gasteiger partial charge < -0.3 is 5.11 Å². The molecule has 1 heterocycles. The SMILES string of the molecule is CC1CC(=O)N(C2(C(=O)O)CCCC2)C1=O. The first-order valence-corrected chi connectivity index (χ1v) is 5.59. The molecule has 0 aromatic rings. The molecule has 1 N–H and O–H groups in total. The van der Waals surface area contributed by atoms with Crippen LogP contribution in [0.3, 0.4) is 0 Å². The summed E-state index contributed by atoms with van der Waals surface area (Å²) >= 11 is 0. The molecule has 0 aromatic heterocycles. The van der Waals surface area contributed by atoms with Crippen LogP contribution in [0, 0.1) is 5.92 Å². The Kier molecular flexibility index (Phi) is 2.48. The molecule has 16 heavy (non-hydrogen) atoms. The summed E-state index contributed by atoms with van der Waals surface area (Å²) in [6, 6.07) is 0. The van der Waals surface area contributed by atoms with Gasteiger partial charge in [-0.05, 0) is 12.8 Å². The number of carboxylic acids is 1. The average Bonchev–Trinajstić information content (AvgIpc) is 2.75. The minimum atomic E-state index is -1.25. The van der Waals surface area contributed by atoms with Crippen molar-refractivity contribution in [2.45, 2.75) is 44.6 Å². The smallest absolute Gasteiger partial charge is 0.330 e. The van der Waals surface area contributed by atoms with Gasteiger partial charge in [0.2, 0.25) is 11.8 Å². The van der Waals surface area contributed by atoms with Crippen molar-refractivity contribution in [3.05, 3.63) is 0 Å². The molecule has 0 radical (unpaired) electrons. The second kappa shape index (κ2) is 3.57. The first kappa shape index (κ1) is 11.1. The minimum Gasteiger partial charge on any atom is -0.479 e. The van der Waals surface area contributed by atoms with Crippen molar-refractivity contribution in [2.75, 3.05) is 0 Å². The number of likely N-dealkylation sites (tertiary alicyclic amines) is 1. The molecule has 0 bridgehead atoms. The zero-order chi connectivity index (χ0) is 11.9. The Balaban J connectivity index is 2.38. The largest absolute Gasteiger partial charge is 0.479 e. The number of carboxylic acid groups (broad SMARTS) is 1.